The Morgan fingerprint density at radius 1 is 1.27 bits per heavy atom. The third-order valence-electron chi connectivity index (χ3n) is 1.69. The van der Waals surface area contributed by atoms with E-state index in [9.17, 15) is 13.2 Å². The topological polar surface area (TPSA) is 63.7 Å². The van der Waals surface area contributed by atoms with Crippen molar-refractivity contribution in [1.82, 2.24) is 4.47 Å². The number of sulfonamides is 1. The van der Waals surface area contributed by atoms with E-state index in [2.05, 4.69) is 4.84 Å². The predicted octanol–water partition coefficient (Wildman–Crippen LogP) is 0.650. The molecule has 0 spiro atoms. The fraction of sp³-hybridized carbons (Fsp3) is 0.222. The molecule has 0 heterocycles. The van der Waals surface area contributed by atoms with Crippen LogP contribution in [-0.4, -0.2) is 32.2 Å². The minimum Gasteiger partial charge on any atom is -0.349 e. The number of hydrogen-bond acceptors (Lipinski definition) is 4. The molecule has 82 valence electrons. The van der Waals surface area contributed by atoms with Crippen molar-refractivity contribution < 1.29 is 18.0 Å². The lowest BCUT2D eigenvalue weighted by Gasteiger charge is -2.12. The zero-order valence-corrected chi connectivity index (χ0v) is 9.19. The van der Waals surface area contributed by atoms with Crippen LogP contribution in [0.25, 0.3) is 0 Å². The van der Waals surface area contributed by atoms with E-state index in [0.717, 1.165) is 13.3 Å². The normalized spacial score (nSPS) is 11.4. The molecule has 0 aromatic heterocycles. The van der Waals surface area contributed by atoms with Gasteiger partial charge in [-0.2, -0.15) is 0 Å². The van der Waals surface area contributed by atoms with E-state index in [-0.39, 0.29) is 0 Å². The van der Waals surface area contributed by atoms with E-state index in [1.54, 1.807) is 30.3 Å². The van der Waals surface area contributed by atoms with E-state index in [4.69, 9.17) is 0 Å². The maximum absolute atomic E-state index is 11.4. The maximum Gasteiger partial charge on any atom is 0.357 e. The number of nitrogens with zero attached hydrogens (tertiary/aromatic N) is 1. The summed E-state index contributed by atoms with van der Waals surface area (Å²) in [5, 5.41) is 0. The quantitative estimate of drug-likeness (QED) is 0.714. The number of benzene rings is 1. The van der Waals surface area contributed by atoms with Crippen molar-refractivity contribution in [2.75, 3.05) is 13.3 Å². The summed E-state index contributed by atoms with van der Waals surface area (Å²) in [4.78, 5) is 16.0. The molecular weight excluding hydrogens is 218 g/mol. The number of carbonyl (C=O) groups is 1. The van der Waals surface area contributed by atoms with Gasteiger partial charge in [-0.3, -0.25) is 0 Å². The molecule has 5 nitrogen and oxygen atoms in total. The van der Waals surface area contributed by atoms with Crippen molar-refractivity contribution in [3.05, 3.63) is 35.9 Å². The van der Waals surface area contributed by atoms with E-state index < -0.39 is 16.0 Å². The highest BCUT2D eigenvalue weighted by Gasteiger charge is 2.17. The Morgan fingerprint density at radius 3 is 2.27 bits per heavy atom. The van der Waals surface area contributed by atoms with Crippen molar-refractivity contribution in [1.29, 1.82) is 0 Å². The van der Waals surface area contributed by atoms with E-state index >= 15 is 0 Å². The third-order valence-corrected chi connectivity index (χ3v) is 2.70. The lowest BCUT2D eigenvalue weighted by Crippen LogP contribution is -2.28. The molecule has 0 saturated carbocycles. The molecule has 0 aliphatic heterocycles. The molecule has 6 heteroatoms. The molecule has 0 N–H and O–H groups in total. The van der Waals surface area contributed by atoms with Crippen molar-refractivity contribution in [3.8, 4) is 0 Å². The van der Waals surface area contributed by atoms with Gasteiger partial charge < -0.3 is 4.84 Å². The van der Waals surface area contributed by atoms with Crippen LogP contribution in [0.2, 0.25) is 0 Å². The molecule has 0 bridgehead atoms. The van der Waals surface area contributed by atoms with Crippen LogP contribution in [0.4, 0.5) is 0 Å². The lowest BCUT2D eigenvalue weighted by molar-refractivity contribution is -0.0291. The summed E-state index contributed by atoms with van der Waals surface area (Å²) >= 11 is 0. The molecule has 1 rings (SSSR count). The minimum atomic E-state index is -3.52. The largest absolute Gasteiger partial charge is 0.357 e. The first kappa shape index (κ1) is 11.7. The average molecular weight is 229 g/mol. The zero-order valence-electron chi connectivity index (χ0n) is 8.38. The highest BCUT2D eigenvalue weighted by molar-refractivity contribution is 7.88. The van der Waals surface area contributed by atoms with Gasteiger partial charge >= 0.3 is 5.97 Å². The van der Waals surface area contributed by atoms with Gasteiger partial charge in [0.15, 0.2) is 0 Å². The van der Waals surface area contributed by atoms with Crippen molar-refractivity contribution in [3.63, 3.8) is 0 Å². The van der Waals surface area contributed by atoms with Gasteiger partial charge in [0.2, 0.25) is 10.0 Å². The molecule has 1 aromatic rings. The first-order valence-corrected chi connectivity index (χ1v) is 5.97. The van der Waals surface area contributed by atoms with Crippen molar-refractivity contribution >= 4 is 16.0 Å². The van der Waals surface area contributed by atoms with E-state index in [0.29, 0.717) is 10.0 Å². The van der Waals surface area contributed by atoms with Crippen LogP contribution in [0, 0.1) is 0 Å². The summed E-state index contributed by atoms with van der Waals surface area (Å²) < 4.78 is 22.4. The van der Waals surface area contributed by atoms with Crippen molar-refractivity contribution in [2.45, 2.75) is 0 Å². The molecule has 0 unspecified atom stereocenters. The van der Waals surface area contributed by atoms with Crippen LogP contribution in [-0.2, 0) is 14.9 Å². The van der Waals surface area contributed by atoms with Gasteiger partial charge in [0.1, 0.15) is 0 Å². The zero-order chi connectivity index (χ0) is 11.5. The fourth-order valence-electron chi connectivity index (χ4n) is 0.811. The monoisotopic (exact) mass is 229 g/mol. The molecule has 0 fully saturated rings. The molecule has 0 atom stereocenters. The molecule has 0 saturated heterocycles. The first-order valence-electron chi connectivity index (χ1n) is 4.12. The molecule has 0 radical (unpaired) electrons. The second-order valence-corrected chi connectivity index (χ2v) is 4.90. The highest BCUT2D eigenvalue weighted by Crippen LogP contribution is 2.04. The summed E-state index contributed by atoms with van der Waals surface area (Å²) in [5.74, 6) is -0.705. The summed E-state index contributed by atoms with van der Waals surface area (Å²) in [6, 6.07) is 8.15. The van der Waals surface area contributed by atoms with Crippen LogP contribution in [0.5, 0.6) is 0 Å². The Kier molecular flexibility index (Phi) is 3.43. The molecule has 15 heavy (non-hydrogen) atoms. The Hall–Kier alpha value is -1.40. The van der Waals surface area contributed by atoms with Crippen LogP contribution < -0.4 is 0 Å². The smallest absolute Gasteiger partial charge is 0.349 e. The SMILES string of the molecule is CN(OC(=O)c1ccccc1)S(C)(=O)=O. The van der Waals surface area contributed by atoms with Gasteiger partial charge in [-0.1, -0.05) is 18.2 Å². The molecule has 0 aliphatic rings. The summed E-state index contributed by atoms with van der Waals surface area (Å²) in [7, 11) is -2.35. The number of hydroxylamine groups is 1. The molecule has 0 amide bonds. The summed E-state index contributed by atoms with van der Waals surface area (Å²) in [6.07, 6.45) is 0.950. The lowest BCUT2D eigenvalue weighted by atomic mass is 10.2. The van der Waals surface area contributed by atoms with Gasteiger partial charge in [0.05, 0.1) is 11.8 Å². The third kappa shape index (κ3) is 3.34. The van der Waals surface area contributed by atoms with E-state index in [1.807, 2.05) is 0 Å². The first-order chi connectivity index (χ1) is 6.91. The summed E-state index contributed by atoms with van der Waals surface area (Å²) in [6.45, 7) is 0. The Bertz CT molecular complexity index is 440. The van der Waals surface area contributed by atoms with Crippen LogP contribution in [0.1, 0.15) is 10.4 Å². The second-order valence-electron chi connectivity index (χ2n) is 2.92. The van der Waals surface area contributed by atoms with Gasteiger partial charge in [0, 0.05) is 7.05 Å². The Morgan fingerprint density at radius 2 is 1.80 bits per heavy atom. The van der Waals surface area contributed by atoms with Gasteiger partial charge in [0.25, 0.3) is 0 Å². The second kappa shape index (κ2) is 4.41. The van der Waals surface area contributed by atoms with Gasteiger partial charge in [-0.05, 0) is 16.6 Å². The Labute approximate surface area is 88.3 Å². The number of rotatable bonds is 3. The minimum absolute atomic E-state index is 0.299. The number of hydrogen-bond donors (Lipinski definition) is 0. The maximum atomic E-state index is 11.4. The van der Waals surface area contributed by atoms with E-state index in [1.165, 1.54) is 0 Å². The van der Waals surface area contributed by atoms with Crippen molar-refractivity contribution in [2.24, 2.45) is 0 Å². The summed E-state index contributed by atoms with van der Waals surface area (Å²) in [5.41, 5.74) is 0.299. The number of carbonyl (C=O) groups excluding carboxylic acids is 1. The highest BCUT2D eigenvalue weighted by atomic mass is 32.2. The standard InChI is InChI=1S/C9H11NO4S/c1-10(15(2,12)13)14-9(11)8-6-4-3-5-7-8/h3-7H,1-2H3. The fourth-order valence-corrected chi connectivity index (χ4v) is 1.01. The average Bonchev–Trinajstić information content (AvgIpc) is 2.17. The van der Waals surface area contributed by atoms with Crippen LogP contribution >= 0.6 is 0 Å². The van der Waals surface area contributed by atoms with Gasteiger partial charge in [-0.15, -0.1) is 0 Å². The van der Waals surface area contributed by atoms with Crippen LogP contribution in [0.15, 0.2) is 30.3 Å². The molecular formula is C9H11NO4S. The molecule has 1 aromatic carbocycles. The van der Waals surface area contributed by atoms with Gasteiger partial charge in [-0.25, -0.2) is 13.2 Å². The predicted molar refractivity (Wildman–Crippen MR) is 54.5 cm³/mol. The Balaban J connectivity index is 2.74. The van der Waals surface area contributed by atoms with Crippen LogP contribution in [0.3, 0.4) is 0 Å². The molecule has 0 aliphatic carbocycles.